The molecular weight excluding hydrogens is 652 g/mol. The summed E-state index contributed by atoms with van der Waals surface area (Å²) >= 11 is 6.20. The van der Waals surface area contributed by atoms with Crippen LogP contribution in [-0.2, 0) is 16.0 Å². The standard InChI is InChI=1S/C40H19ClN4O5/c1-3-4-5-6-7-8-9-10-11-12-13-14-15-16-17-20-27-50-36-24-23-32(41)29-33(36)42-38(46)37(45-35(40(48)49)28-30(2)43-45)39(47)44-26-25-31-21-18-19-22-34(31)44/h1,18-19,21-24,28-29,37H,25-26H2,2H3,(H,42,46)(H,48,49). The maximum atomic E-state index is 14.0. The summed E-state index contributed by atoms with van der Waals surface area (Å²) in [6.07, 6.45) is 7.92. The molecule has 0 aliphatic carbocycles. The molecule has 2 heterocycles. The summed E-state index contributed by atoms with van der Waals surface area (Å²) in [5.74, 6) is 36.1. The van der Waals surface area contributed by atoms with Crippen molar-refractivity contribution in [2.24, 2.45) is 0 Å². The predicted molar refractivity (Wildman–Crippen MR) is 187 cm³/mol. The smallest absolute Gasteiger partial charge is 0.354 e. The zero-order chi connectivity index (χ0) is 35.7. The molecule has 236 valence electrons. The van der Waals surface area contributed by atoms with Gasteiger partial charge in [-0.2, -0.15) is 5.10 Å². The Morgan fingerprint density at radius 1 is 0.880 bits per heavy atom. The number of aryl methyl sites for hydroxylation is 1. The van der Waals surface area contributed by atoms with Crippen LogP contribution in [0.3, 0.4) is 0 Å². The van der Waals surface area contributed by atoms with Crippen LogP contribution in [0.2, 0.25) is 5.02 Å². The molecule has 4 rings (SSSR count). The number of benzene rings is 2. The zero-order valence-corrected chi connectivity index (χ0v) is 26.7. The van der Waals surface area contributed by atoms with E-state index in [1.54, 1.807) is 19.1 Å². The van der Waals surface area contributed by atoms with E-state index in [4.69, 9.17) is 22.8 Å². The molecule has 0 bridgehead atoms. The van der Waals surface area contributed by atoms with E-state index in [0.29, 0.717) is 24.3 Å². The van der Waals surface area contributed by atoms with Gasteiger partial charge in [0, 0.05) is 64.6 Å². The minimum absolute atomic E-state index is 0.0654. The Morgan fingerprint density at radius 3 is 2.10 bits per heavy atom. The number of carbonyl (C=O) groups is 3. The summed E-state index contributed by atoms with van der Waals surface area (Å²) in [5, 5.41) is 16.9. The van der Waals surface area contributed by atoms with E-state index in [2.05, 4.69) is 111 Å². The number of ether oxygens (including phenoxy) is 1. The number of amides is 2. The number of rotatable bonds is 6. The van der Waals surface area contributed by atoms with Gasteiger partial charge in [-0.3, -0.25) is 9.59 Å². The molecule has 2 amide bonds. The van der Waals surface area contributed by atoms with Crippen LogP contribution in [0.4, 0.5) is 11.4 Å². The number of hydrogen-bond donors (Lipinski definition) is 2. The van der Waals surface area contributed by atoms with Crippen LogP contribution in [0.5, 0.6) is 5.75 Å². The molecule has 9 nitrogen and oxygen atoms in total. The molecule has 3 aromatic rings. The van der Waals surface area contributed by atoms with Gasteiger partial charge >= 0.3 is 5.97 Å². The molecule has 1 unspecified atom stereocenters. The first-order chi connectivity index (χ1) is 24.3. The van der Waals surface area contributed by atoms with Crippen molar-refractivity contribution < 1.29 is 24.2 Å². The van der Waals surface area contributed by atoms with E-state index < -0.39 is 23.8 Å². The molecule has 2 N–H and O–H groups in total. The maximum Gasteiger partial charge on any atom is 0.354 e. The first kappa shape index (κ1) is 35.1. The summed E-state index contributed by atoms with van der Waals surface area (Å²) in [6.45, 7) is 1.86. The lowest BCUT2D eigenvalue weighted by Gasteiger charge is -2.25. The number of terminal acetylenes is 1. The summed E-state index contributed by atoms with van der Waals surface area (Å²) in [5.41, 5.74) is 1.58. The average molecular weight is 671 g/mol. The van der Waals surface area contributed by atoms with Gasteiger partial charge in [-0.25, -0.2) is 9.48 Å². The van der Waals surface area contributed by atoms with Crippen molar-refractivity contribution in [3.05, 3.63) is 70.5 Å². The number of aromatic carboxylic acids is 1. The first-order valence-corrected chi connectivity index (χ1v) is 14.6. The SMILES string of the molecule is C#CC#CC#CC#CC#CC#CC#CC#CC#COc1ccc(Cl)cc1NC(=O)C(C(=O)N1CCc2ccccc21)n1nc(C)cc1C(=O)O. The normalized spacial score (nSPS) is 10.1. The number of aromatic nitrogens is 2. The molecule has 1 atom stereocenters. The van der Waals surface area contributed by atoms with Crippen molar-refractivity contribution in [3.63, 3.8) is 0 Å². The molecule has 2 aromatic carbocycles. The Hall–Kier alpha value is -7.81. The minimum atomic E-state index is -1.69. The number of para-hydroxylation sites is 1. The highest BCUT2D eigenvalue weighted by Crippen LogP contribution is 2.32. The minimum Gasteiger partial charge on any atom is -0.477 e. The molecule has 0 saturated carbocycles. The number of hydrogen-bond acceptors (Lipinski definition) is 5. The summed E-state index contributed by atoms with van der Waals surface area (Å²) in [6, 6.07) is 11.2. The van der Waals surface area contributed by atoms with Crippen molar-refractivity contribution in [1.82, 2.24) is 9.78 Å². The summed E-state index contributed by atoms with van der Waals surface area (Å²) in [7, 11) is 0. The molecular formula is C40H19ClN4O5. The summed E-state index contributed by atoms with van der Waals surface area (Å²) < 4.78 is 6.39. The van der Waals surface area contributed by atoms with E-state index in [9.17, 15) is 19.5 Å². The largest absolute Gasteiger partial charge is 0.477 e. The van der Waals surface area contributed by atoms with Crippen LogP contribution in [0.25, 0.3) is 0 Å². The van der Waals surface area contributed by atoms with Gasteiger partial charge in [-0.15, -0.1) is 6.42 Å². The van der Waals surface area contributed by atoms with E-state index in [0.717, 1.165) is 10.2 Å². The number of nitrogens with zero attached hydrogens (tertiary/aromatic N) is 3. The second-order valence-electron chi connectivity index (χ2n) is 9.54. The lowest BCUT2D eigenvalue weighted by atomic mass is 10.1. The van der Waals surface area contributed by atoms with Crippen molar-refractivity contribution >= 4 is 40.8 Å². The van der Waals surface area contributed by atoms with Gasteiger partial charge in [0.15, 0.2) is 5.75 Å². The number of carbonyl (C=O) groups excluding carboxylic acids is 2. The van der Waals surface area contributed by atoms with Crippen LogP contribution < -0.4 is 15.0 Å². The molecule has 0 spiro atoms. The quantitative estimate of drug-likeness (QED) is 0.308. The molecule has 50 heavy (non-hydrogen) atoms. The van der Waals surface area contributed by atoms with Crippen molar-refractivity contribution in [2.45, 2.75) is 19.4 Å². The van der Waals surface area contributed by atoms with Crippen LogP contribution >= 0.6 is 11.6 Å². The van der Waals surface area contributed by atoms with Gasteiger partial charge < -0.3 is 20.1 Å². The van der Waals surface area contributed by atoms with Crippen molar-refractivity contribution in [1.29, 1.82) is 0 Å². The lowest BCUT2D eigenvalue weighted by Crippen LogP contribution is -2.43. The Bertz CT molecular complexity index is 2470. The second-order valence-corrected chi connectivity index (χ2v) is 9.98. The molecule has 0 fully saturated rings. The highest BCUT2D eigenvalue weighted by atomic mass is 35.5. The molecule has 1 aromatic heterocycles. The summed E-state index contributed by atoms with van der Waals surface area (Å²) in [4.78, 5) is 41.4. The Morgan fingerprint density at radius 2 is 1.48 bits per heavy atom. The van der Waals surface area contributed by atoms with Crippen molar-refractivity contribution in [2.75, 3.05) is 16.8 Å². The third-order valence-electron chi connectivity index (χ3n) is 6.32. The van der Waals surface area contributed by atoms with Gasteiger partial charge in [0.2, 0.25) is 6.04 Å². The van der Waals surface area contributed by atoms with Gasteiger partial charge in [0.25, 0.3) is 11.8 Å². The van der Waals surface area contributed by atoms with Crippen LogP contribution in [-0.4, -0.2) is 39.2 Å². The Balaban J connectivity index is 1.50. The van der Waals surface area contributed by atoms with Gasteiger partial charge in [-0.05, 0) is 96.6 Å². The fraction of sp³-hybridized carbons (Fsp3) is 0.100. The van der Waals surface area contributed by atoms with Gasteiger partial charge in [-0.1, -0.05) is 29.8 Å². The van der Waals surface area contributed by atoms with Crippen LogP contribution in [0, 0.1) is 114 Å². The van der Waals surface area contributed by atoms with Crippen LogP contribution in [0.15, 0.2) is 48.5 Å². The Kier molecular flexibility index (Phi) is 12.5. The van der Waals surface area contributed by atoms with Gasteiger partial charge in [0.1, 0.15) is 11.8 Å². The number of anilines is 2. The topological polar surface area (TPSA) is 114 Å². The number of carboxylic acids is 1. The third-order valence-corrected chi connectivity index (χ3v) is 6.55. The van der Waals surface area contributed by atoms with E-state index in [-0.39, 0.29) is 22.2 Å². The molecule has 10 heteroatoms. The fourth-order valence-corrected chi connectivity index (χ4v) is 4.53. The van der Waals surface area contributed by atoms with E-state index in [1.165, 1.54) is 29.2 Å². The van der Waals surface area contributed by atoms with E-state index >= 15 is 0 Å². The fourth-order valence-electron chi connectivity index (χ4n) is 4.35. The molecule has 0 saturated heterocycles. The van der Waals surface area contributed by atoms with Crippen molar-refractivity contribution in [3.8, 4) is 113 Å². The zero-order valence-electron chi connectivity index (χ0n) is 26.0. The third kappa shape index (κ3) is 9.60. The predicted octanol–water partition coefficient (Wildman–Crippen LogP) is 3.31. The Labute approximate surface area is 293 Å². The number of halogens is 1. The van der Waals surface area contributed by atoms with Crippen LogP contribution in [0.1, 0.15) is 27.8 Å². The van der Waals surface area contributed by atoms with Gasteiger partial charge in [0.05, 0.1) is 11.4 Å². The second kappa shape index (κ2) is 17.8. The highest BCUT2D eigenvalue weighted by Gasteiger charge is 2.39. The monoisotopic (exact) mass is 670 g/mol. The number of fused-ring (bicyclic) bond motifs is 1. The molecule has 1 aliphatic heterocycles. The molecule has 0 radical (unpaired) electrons. The molecule has 1 aliphatic rings. The lowest BCUT2D eigenvalue weighted by molar-refractivity contribution is -0.130. The highest BCUT2D eigenvalue weighted by molar-refractivity contribution is 6.31. The maximum absolute atomic E-state index is 14.0. The average Bonchev–Trinajstić information content (AvgIpc) is 3.71. The van der Waals surface area contributed by atoms with E-state index in [1.807, 2.05) is 12.1 Å². The first-order valence-electron chi connectivity index (χ1n) is 14.2. The number of carboxylic acid groups (broad SMARTS) is 1. The number of nitrogens with one attached hydrogen (secondary N) is 1.